The first kappa shape index (κ1) is 22.5. The summed E-state index contributed by atoms with van der Waals surface area (Å²) in [7, 11) is 1.62. The third kappa shape index (κ3) is 4.57. The van der Waals surface area contributed by atoms with Crippen molar-refractivity contribution in [1.29, 1.82) is 0 Å². The zero-order valence-corrected chi connectivity index (χ0v) is 19.1. The zero-order chi connectivity index (χ0) is 24.4. The molecular weight excluding hydrogens is 453 g/mol. The molecule has 1 aliphatic rings. The van der Waals surface area contributed by atoms with E-state index in [4.69, 9.17) is 4.74 Å². The van der Waals surface area contributed by atoms with E-state index in [-0.39, 0.29) is 17.2 Å². The van der Waals surface area contributed by atoms with E-state index < -0.39 is 12.6 Å². The number of hydrogen-bond donors (Lipinski definition) is 1. The van der Waals surface area contributed by atoms with E-state index in [0.29, 0.717) is 49.2 Å². The molecule has 1 fully saturated rings. The smallest absolute Gasteiger partial charge is 0.275 e. The fraction of sp³-hybridized carbons (Fsp3) is 0.292. The second-order valence-electron chi connectivity index (χ2n) is 8.20. The van der Waals surface area contributed by atoms with Crippen molar-refractivity contribution in [3.63, 3.8) is 0 Å². The first-order chi connectivity index (χ1) is 17.0. The van der Waals surface area contributed by atoms with Crippen LogP contribution in [0.5, 0.6) is 5.75 Å². The number of carbonyl (C=O) groups is 2. The Kier molecular flexibility index (Phi) is 6.13. The van der Waals surface area contributed by atoms with Crippen molar-refractivity contribution in [2.45, 2.75) is 12.8 Å². The van der Waals surface area contributed by atoms with Crippen LogP contribution in [0.1, 0.15) is 33.7 Å². The number of fused-ring (bicyclic) bond motifs is 1. The Morgan fingerprint density at radius 2 is 2.06 bits per heavy atom. The van der Waals surface area contributed by atoms with E-state index in [1.807, 2.05) is 30.5 Å². The number of nitrogens with one attached hydrogen (secondary N) is 1. The van der Waals surface area contributed by atoms with E-state index in [1.165, 1.54) is 10.9 Å². The van der Waals surface area contributed by atoms with Gasteiger partial charge in [0.15, 0.2) is 0 Å². The third-order valence-electron chi connectivity index (χ3n) is 5.77. The number of benzene rings is 1. The van der Waals surface area contributed by atoms with Gasteiger partial charge in [-0.3, -0.25) is 23.1 Å². The van der Waals surface area contributed by atoms with Gasteiger partial charge in [-0.05, 0) is 24.6 Å². The van der Waals surface area contributed by atoms with Crippen LogP contribution in [0.2, 0.25) is 0 Å². The number of imidazole rings is 1. The summed E-state index contributed by atoms with van der Waals surface area (Å²) >= 11 is 0. The van der Waals surface area contributed by atoms with E-state index in [0.717, 1.165) is 12.0 Å². The van der Waals surface area contributed by atoms with E-state index in [2.05, 4.69) is 20.4 Å². The number of likely N-dealkylation sites (tertiary alicyclic amines) is 1. The molecule has 4 aromatic rings. The maximum absolute atomic E-state index is 13.0. The lowest BCUT2D eigenvalue weighted by Gasteiger charge is -2.30. The highest BCUT2D eigenvalue weighted by atomic mass is 19.1. The Morgan fingerprint density at radius 1 is 1.20 bits per heavy atom. The quantitative estimate of drug-likeness (QED) is 0.391. The van der Waals surface area contributed by atoms with Gasteiger partial charge in [-0.2, -0.15) is 10.1 Å². The maximum atomic E-state index is 13.0. The zero-order valence-electron chi connectivity index (χ0n) is 19.1. The van der Waals surface area contributed by atoms with Gasteiger partial charge in [-0.25, -0.2) is 4.98 Å². The van der Waals surface area contributed by atoms with Crippen LogP contribution in [-0.2, 0) is 7.05 Å². The molecule has 0 radical (unpaired) electrons. The summed E-state index contributed by atoms with van der Waals surface area (Å²) in [6, 6.07) is 9.03. The molecule has 1 aliphatic heterocycles. The van der Waals surface area contributed by atoms with Crippen LogP contribution in [0, 0.1) is 0 Å². The average Bonchev–Trinajstić information content (AvgIpc) is 3.41. The van der Waals surface area contributed by atoms with Gasteiger partial charge in [0, 0.05) is 44.5 Å². The largest absolute Gasteiger partial charge is 0.493 e. The van der Waals surface area contributed by atoms with E-state index >= 15 is 0 Å². The summed E-state index contributed by atoms with van der Waals surface area (Å²) in [4.78, 5) is 36.4. The monoisotopic (exact) mass is 477 g/mol. The molecule has 4 heterocycles. The Bertz CT molecular complexity index is 1390. The van der Waals surface area contributed by atoms with Gasteiger partial charge in [-0.1, -0.05) is 12.1 Å². The summed E-state index contributed by atoms with van der Waals surface area (Å²) < 4.78 is 21.0. The van der Waals surface area contributed by atoms with Crippen molar-refractivity contribution in [3.05, 3.63) is 60.2 Å². The van der Waals surface area contributed by atoms with Gasteiger partial charge < -0.3 is 15.0 Å². The third-order valence-corrected chi connectivity index (χ3v) is 5.77. The lowest BCUT2D eigenvalue weighted by atomic mass is 10.1. The van der Waals surface area contributed by atoms with Crippen molar-refractivity contribution in [2.24, 2.45) is 7.05 Å². The number of aromatic nitrogens is 5. The molecule has 180 valence electrons. The van der Waals surface area contributed by atoms with Gasteiger partial charge >= 0.3 is 0 Å². The molecule has 11 heteroatoms. The Morgan fingerprint density at radius 3 is 2.83 bits per heavy atom. The van der Waals surface area contributed by atoms with Crippen LogP contribution in [0.4, 0.5) is 10.2 Å². The normalized spacial score (nSPS) is 13.0. The minimum absolute atomic E-state index is 0.178. The molecule has 0 bridgehead atoms. The molecule has 1 N–H and O–H groups in total. The van der Waals surface area contributed by atoms with Gasteiger partial charge in [0.05, 0.1) is 30.7 Å². The number of halogens is 1. The van der Waals surface area contributed by atoms with Crippen molar-refractivity contribution < 1.29 is 18.7 Å². The van der Waals surface area contributed by atoms with E-state index in [9.17, 15) is 14.0 Å². The molecule has 10 nitrogen and oxygen atoms in total. The molecule has 0 saturated carbocycles. The van der Waals surface area contributed by atoms with Gasteiger partial charge in [0.2, 0.25) is 5.78 Å². The number of carbonyl (C=O) groups excluding carboxylic acids is 2. The predicted octanol–water partition coefficient (Wildman–Crippen LogP) is 2.97. The summed E-state index contributed by atoms with van der Waals surface area (Å²) in [5.41, 5.74) is 1.94. The molecule has 1 saturated heterocycles. The summed E-state index contributed by atoms with van der Waals surface area (Å²) in [5.74, 6) is 0.644. The van der Waals surface area contributed by atoms with Crippen LogP contribution < -0.4 is 10.1 Å². The minimum atomic E-state index is -0.476. The molecule has 0 atom stereocenters. The first-order valence-electron chi connectivity index (χ1n) is 11.3. The van der Waals surface area contributed by atoms with Crippen LogP contribution in [0.25, 0.3) is 17.0 Å². The molecule has 5 rings (SSSR count). The number of hydrogen-bond acceptors (Lipinski definition) is 6. The number of rotatable bonds is 8. The number of anilines is 1. The molecular formula is C24H24FN7O3. The SMILES string of the molecule is Cn1ncc(C(=O)N2CCC2)c1C(=O)Nc1ccn2cc(-c3cccc(OCCCF)c3)nc2n1. The topological polar surface area (TPSA) is 107 Å². The number of nitrogens with zero attached hydrogens (tertiary/aromatic N) is 6. The number of ether oxygens (including phenoxy) is 1. The molecule has 0 unspecified atom stereocenters. The molecule has 3 aromatic heterocycles. The Labute approximate surface area is 200 Å². The summed E-state index contributed by atoms with van der Waals surface area (Å²) in [6.07, 6.45) is 6.28. The lowest BCUT2D eigenvalue weighted by molar-refractivity contribution is 0.0648. The summed E-state index contributed by atoms with van der Waals surface area (Å²) in [6.45, 7) is 1.24. The number of alkyl halides is 1. The number of amides is 2. The maximum Gasteiger partial charge on any atom is 0.275 e. The van der Waals surface area contributed by atoms with Gasteiger partial charge in [-0.15, -0.1) is 0 Å². The first-order valence-corrected chi connectivity index (χ1v) is 11.3. The van der Waals surface area contributed by atoms with Gasteiger partial charge in [0.1, 0.15) is 17.3 Å². The highest BCUT2D eigenvalue weighted by Crippen LogP contribution is 2.24. The predicted molar refractivity (Wildman–Crippen MR) is 126 cm³/mol. The van der Waals surface area contributed by atoms with Crippen LogP contribution in [-0.4, -0.2) is 67.2 Å². The number of aryl methyl sites for hydroxylation is 1. The van der Waals surface area contributed by atoms with Crippen molar-refractivity contribution >= 4 is 23.4 Å². The Hall–Kier alpha value is -4.28. The molecule has 0 spiro atoms. The Balaban J connectivity index is 1.35. The van der Waals surface area contributed by atoms with Crippen LogP contribution in [0.15, 0.2) is 48.9 Å². The molecule has 2 amide bonds. The molecule has 35 heavy (non-hydrogen) atoms. The van der Waals surface area contributed by atoms with Crippen molar-refractivity contribution in [2.75, 3.05) is 31.7 Å². The van der Waals surface area contributed by atoms with Crippen LogP contribution in [0.3, 0.4) is 0 Å². The highest BCUT2D eigenvalue weighted by Gasteiger charge is 2.28. The van der Waals surface area contributed by atoms with Crippen molar-refractivity contribution in [1.82, 2.24) is 29.0 Å². The fourth-order valence-corrected chi connectivity index (χ4v) is 3.80. The average molecular weight is 478 g/mol. The van der Waals surface area contributed by atoms with E-state index in [1.54, 1.807) is 28.6 Å². The van der Waals surface area contributed by atoms with Crippen LogP contribution >= 0.6 is 0 Å². The molecule has 1 aromatic carbocycles. The molecule has 0 aliphatic carbocycles. The van der Waals surface area contributed by atoms with Gasteiger partial charge in [0.25, 0.3) is 11.8 Å². The fourth-order valence-electron chi connectivity index (χ4n) is 3.80. The minimum Gasteiger partial charge on any atom is -0.493 e. The standard InChI is InChI=1S/C24H24FN7O3/c1-30-21(18(14-26-30)23(34)31-9-4-10-31)22(33)28-20-7-11-32-15-19(27-24(32)29-20)16-5-2-6-17(13-16)35-12-3-8-25/h2,5-7,11,13-15H,3-4,8-10,12H2,1H3,(H,27,28,29,33). The second kappa shape index (κ2) is 9.53. The summed E-state index contributed by atoms with van der Waals surface area (Å²) in [5, 5.41) is 6.85. The highest BCUT2D eigenvalue weighted by molar-refractivity contribution is 6.10. The van der Waals surface area contributed by atoms with Crippen molar-refractivity contribution in [3.8, 4) is 17.0 Å². The lowest BCUT2D eigenvalue weighted by Crippen LogP contribution is -2.42. The second-order valence-corrected chi connectivity index (χ2v) is 8.20.